The molecule has 0 amide bonds. The van der Waals surface area contributed by atoms with E-state index in [0.29, 0.717) is 6.61 Å². The molecule has 0 aliphatic heterocycles. The molecule has 1 unspecified atom stereocenters. The number of fused-ring (bicyclic) bond motifs is 1. The number of benzene rings is 3. The number of rotatable bonds is 5. The van der Waals surface area contributed by atoms with Crippen LogP contribution >= 0.6 is 0 Å². The van der Waals surface area contributed by atoms with Gasteiger partial charge in [0.2, 0.25) is 0 Å². The molecule has 0 heterocycles. The molecule has 146 valence electrons. The van der Waals surface area contributed by atoms with Crippen LogP contribution in [0.3, 0.4) is 0 Å². The highest BCUT2D eigenvalue weighted by molar-refractivity contribution is 6.27. The molecule has 3 aromatic carbocycles. The van der Waals surface area contributed by atoms with Gasteiger partial charge in [-0.15, -0.1) is 0 Å². The molecule has 28 heavy (non-hydrogen) atoms. The lowest BCUT2D eigenvalue weighted by atomic mass is 10.0. The second-order valence-electron chi connectivity index (χ2n) is 6.19. The van der Waals surface area contributed by atoms with E-state index in [-0.39, 0.29) is 6.04 Å². The molecule has 0 bridgehead atoms. The summed E-state index contributed by atoms with van der Waals surface area (Å²) in [6, 6.07) is 22.7. The molecule has 0 spiro atoms. The van der Waals surface area contributed by atoms with Crippen LogP contribution in [-0.2, 0) is 9.59 Å². The van der Waals surface area contributed by atoms with E-state index in [9.17, 15) is 0 Å². The molecule has 3 rings (SSSR count). The fraction of sp³-hybridized carbons (Fsp3) is 0.182. The number of hydrogen-bond donors (Lipinski definition) is 3. The molecule has 0 radical (unpaired) electrons. The van der Waals surface area contributed by atoms with Crippen LogP contribution < -0.4 is 10.5 Å². The van der Waals surface area contributed by atoms with E-state index in [2.05, 4.69) is 43.3 Å². The Balaban J connectivity index is 0.000000409. The van der Waals surface area contributed by atoms with Crippen LogP contribution in [-0.4, -0.2) is 28.8 Å². The number of hydrogen-bond acceptors (Lipinski definition) is 4. The minimum atomic E-state index is -1.82. The van der Waals surface area contributed by atoms with Crippen molar-refractivity contribution in [3.63, 3.8) is 0 Å². The van der Waals surface area contributed by atoms with Gasteiger partial charge in [-0.1, -0.05) is 60.7 Å². The average molecular weight is 381 g/mol. The quantitative estimate of drug-likeness (QED) is 0.580. The van der Waals surface area contributed by atoms with Crippen molar-refractivity contribution in [2.45, 2.75) is 19.4 Å². The van der Waals surface area contributed by atoms with Crippen LogP contribution in [0, 0.1) is 6.92 Å². The van der Waals surface area contributed by atoms with E-state index < -0.39 is 11.9 Å². The van der Waals surface area contributed by atoms with Crippen molar-refractivity contribution in [2.24, 2.45) is 5.73 Å². The first-order valence-electron chi connectivity index (χ1n) is 8.78. The average Bonchev–Trinajstić information content (AvgIpc) is 2.71. The summed E-state index contributed by atoms with van der Waals surface area (Å²) in [7, 11) is 0. The fourth-order valence-electron chi connectivity index (χ4n) is 2.71. The zero-order valence-corrected chi connectivity index (χ0v) is 15.5. The third kappa shape index (κ3) is 5.82. The van der Waals surface area contributed by atoms with Crippen LogP contribution in [0.2, 0.25) is 0 Å². The molecule has 6 heteroatoms. The lowest BCUT2D eigenvalue weighted by Crippen LogP contribution is -2.14. The van der Waals surface area contributed by atoms with Crippen molar-refractivity contribution in [1.82, 2.24) is 0 Å². The van der Waals surface area contributed by atoms with Gasteiger partial charge in [-0.05, 0) is 29.5 Å². The Hall–Kier alpha value is -3.38. The number of carbonyl (C=O) groups is 2. The van der Waals surface area contributed by atoms with Gasteiger partial charge in [-0.2, -0.15) is 0 Å². The third-order valence-electron chi connectivity index (χ3n) is 4.20. The fourth-order valence-corrected chi connectivity index (χ4v) is 2.71. The normalized spacial score (nSPS) is 11.2. The van der Waals surface area contributed by atoms with Gasteiger partial charge >= 0.3 is 11.9 Å². The molecular formula is C22H23NO5. The van der Waals surface area contributed by atoms with Gasteiger partial charge in [0.25, 0.3) is 0 Å². The topological polar surface area (TPSA) is 110 Å². The number of carboxylic acid groups (broad SMARTS) is 2. The van der Waals surface area contributed by atoms with Gasteiger partial charge < -0.3 is 20.7 Å². The van der Waals surface area contributed by atoms with Gasteiger partial charge in [0, 0.05) is 17.8 Å². The molecule has 1 atom stereocenters. The molecule has 0 aromatic heterocycles. The molecular weight excluding hydrogens is 358 g/mol. The van der Waals surface area contributed by atoms with E-state index in [4.69, 9.17) is 30.3 Å². The summed E-state index contributed by atoms with van der Waals surface area (Å²) in [5, 5.41) is 17.2. The maximum Gasteiger partial charge on any atom is 0.414 e. The Morgan fingerprint density at radius 1 is 0.893 bits per heavy atom. The second kappa shape index (κ2) is 10.1. The third-order valence-corrected chi connectivity index (χ3v) is 4.20. The summed E-state index contributed by atoms with van der Waals surface area (Å²) in [5.74, 6) is -2.72. The molecule has 4 N–H and O–H groups in total. The highest BCUT2D eigenvalue weighted by atomic mass is 16.5. The molecule has 0 fully saturated rings. The van der Waals surface area contributed by atoms with Crippen molar-refractivity contribution < 1.29 is 24.5 Å². The predicted octanol–water partition coefficient (Wildman–Crippen LogP) is 3.77. The van der Waals surface area contributed by atoms with Crippen LogP contribution in [0.1, 0.15) is 23.6 Å². The molecule has 0 saturated carbocycles. The van der Waals surface area contributed by atoms with Crippen LogP contribution in [0.25, 0.3) is 10.8 Å². The summed E-state index contributed by atoms with van der Waals surface area (Å²) in [6.45, 7) is 2.74. The van der Waals surface area contributed by atoms with Gasteiger partial charge in [0.05, 0.1) is 6.61 Å². The Morgan fingerprint density at radius 3 is 2.07 bits per heavy atom. The van der Waals surface area contributed by atoms with Gasteiger partial charge in [-0.25, -0.2) is 9.59 Å². The highest BCUT2D eigenvalue weighted by Crippen LogP contribution is 2.28. The Morgan fingerprint density at radius 2 is 1.46 bits per heavy atom. The SMILES string of the molecule is Cc1ccc(OCCC(N)c2ccccc2)c2ccccc12.O=C(O)C(=O)O. The molecule has 6 nitrogen and oxygen atoms in total. The molecule has 0 aliphatic rings. The van der Waals surface area contributed by atoms with E-state index in [0.717, 1.165) is 23.1 Å². The zero-order valence-electron chi connectivity index (χ0n) is 15.5. The molecule has 0 saturated heterocycles. The van der Waals surface area contributed by atoms with E-state index in [1.807, 2.05) is 30.3 Å². The van der Waals surface area contributed by atoms with E-state index in [1.54, 1.807) is 0 Å². The number of aliphatic carboxylic acids is 2. The van der Waals surface area contributed by atoms with Crippen LogP contribution in [0.4, 0.5) is 0 Å². The summed E-state index contributed by atoms with van der Waals surface area (Å²) >= 11 is 0. The highest BCUT2D eigenvalue weighted by Gasteiger charge is 2.08. The minimum Gasteiger partial charge on any atom is -0.493 e. The first-order chi connectivity index (χ1) is 13.4. The molecule has 0 aliphatic carbocycles. The standard InChI is InChI=1S/C20H21NO.C2H2O4/c1-15-11-12-20(18-10-6-5-9-17(15)18)22-14-13-19(21)16-7-3-2-4-8-16;3-1(4)2(5)6/h2-12,19H,13-14,21H2,1H3;(H,3,4)(H,5,6). The van der Waals surface area contributed by atoms with E-state index in [1.165, 1.54) is 10.9 Å². The number of carboxylic acids is 2. The maximum absolute atomic E-state index is 9.10. The van der Waals surface area contributed by atoms with Crippen molar-refractivity contribution in [3.8, 4) is 5.75 Å². The lowest BCUT2D eigenvalue weighted by Gasteiger charge is -2.14. The van der Waals surface area contributed by atoms with E-state index >= 15 is 0 Å². The van der Waals surface area contributed by atoms with Crippen molar-refractivity contribution in [1.29, 1.82) is 0 Å². The van der Waals surface area contributed by atoms with Crippen molar-refractivity contribution in [2.75, 3.05) is 6.61 Å². The summed E-state index contributed by atoms with van der Waals surface area (Å²) < 4.78 is 5.99. The monoisotopic (exact) mass is 381 g/mol. The van der Waals surface area contributed by atoms with Crippen molar-refractivity contribution in [3.05, 3.63) is 77.9 Å². The largest absolute Gasteiger partial charge is 0.493 e. The first-order valence-corrected chi connectivity index (χ1v) is 8.78. The summed E-state index contributed by atoms with van der Waals surface area (Å²) in [4.78, 5) is 18.2. The predicted molar refractivity (Wildman–Crippen MR) is 107 cm³/mol. The Labute approximate surface area is 163 Å². The zero-order chi connectivity index (χ0) is 20.5. The second-order valence-corrected chi connectivity index (χ2v) is 6.19. The van der Waals surface area contributed by atoms with Crippen LogP contribution in [0.15, 0.2) is 66.7 Å². The van der Waals surface area contributed by atoms with Gasteiger partial charge in [0.1, 0.15) is 5.75 Å². The number of ether oxygens (including phenoxy) is 1. The smallest absolute Gasteiger partial charge is 0.414 e. The van der Waals surface area contributed by atoms with Gasteiger partial charge in [-0.3, -0.25) is 0 Å². The number of nitrogens with two attached hydrogens (primary N) is 1. The first kappa shape index (κ1) is 20.9. The molecule has 3 aromatic rings. The Kier molecular flexibility index (Phi) is 7.54. The Bertz CT molecular complexity index is 928. The van der Waals surface area contributed by atoms with Gasteiger partial charge in [0.15, 0.2) is 0 Å². The number of aryl methyl sites for hydroxylation is 1. The maximum atomic E-state index is 9.10. The summed E-state index contributed by atoms with van der Waals surface area (Å²) in [5.41, 5.74) is 8.64. The lowest BCUT2D eigenvalue weighted by molar-refractivity contribution is -0.159. The van der Waals surface area contributed by atoms with Crippen LogP contribution in [0.5, 0.6) is 5.75 Å². The van der Waals surface area contributed by atoms with Crippen molar-refractivity contribution >= 4 is 22.7 Å². The minimum absolute atomic E-state index is 0.0120. The summed E-state index contributed by atoms with van der Waals surface area (Å²) in [6.07, 6.45) is 0.798.